The van der Waals surface area contributed by atoms with Crippen molar-refractivity contribution >= 4 is 60.4 Å². The first kappa shape index (κ1) is 32.4. The van der Waals surface area contributed by atoms with E-state index in [2.05, 4.69) is 228 Å². The molecule has 0 atom stereocenters. The lowest BCUT2D eigenvalue weighted by atomic mass is 9.63. The lowest BCUT2D eigenvalue weighted by molar-refractivity contribution is 0.783. The van der Waals surface area contributed by atoms with Gasteiger partial charge in [0.05, 0.1) is 22.1 Å². The first-order valence-corrected chi connectivity index (χ1v) is 20.5. The van der Waals surface area contributed by atoms with E-state index in [-0.39, 0.29) is 0 Å². The average Bonchev–Trinajstić information content (AvgIpc) is 3.81. The summed E-state index contributed by atoms with van der Waals surface area (Å²) in [7, 11) is 0. The van der Waals surface area contributed by atoms with Gasteiger partial charge in [0, 0.05) is 33.2 Å². The topological polar surface area (TPSA) is 8.17 Å². The molecule has 13 rings (SSSR count). The average molecular weight is 749 g/mol. The molecule has 2 aliphatic rings. The van der Waals surface area contributed by atoms with Gasteiger partial charge < -0.3 is 9.47 Å². The maximum atomic E-state index is 2.49. The minimum Gasteiger partial charge on any atom is -0.310 e. The van der Waals surface area contributed by atoms with Gasteiger partial charge in [0.1, 0.15) is 0 Å². The number of hydrogen-bond donors (Lipinski definition) is 0. The maximum absolute atomic E-state index is 2.49. The highest BCUT2D eigenvalue weighted by atomic mass is 15.1. The molecule has 0 saturated carbocycles. The van der Waals surface area contributed by atoms with Gasteiger partial charge in [-0.1, -0.05) is 164 Å². The molecule has 0 saturated heterocycles. The minimum absolute atomic E-state index is 0.481. The summed E-state index contributed by atoms with van der Waals surface area (Å²) in [6, 6.07) is 80.9. The smallest absolute Gasteiger partial charge is 0.0726 e. The lowest BCUT2D eigenvalue weighted by Gasteiger charge is -2.38. The van der Waals surface area contributed by atoms with Crippen LogP contribution in [0.15, 0.2) is 218 Å². The molecule has 0 N–H and O–H groups in total. The molecule has 2 aliphatic carbocycles. The van der Waals surface area contributed by atoms with Crippen molar-refractivity contribution in [1.29, 1.82) is 0 Å². The highest BCUT2D eigenvalue weighted by Gasteiger charge is 2.50. The SMILES string of the molecule is c1ccc(N(c2ccccc2)c2ccc(-c3ccc4c5c3ccc3c5c5c(cccc5n3-c3ccccc3)C43c4ccccc4-c4ccccc43)c3ccccc23)cc1. The summed E-state index contributed by atoms with van der Waals surface area (Å²) in [5, 5.41) is 7.73. The van der Waals surface area contributed by atoms with E-state index in [1.807, 2.05) is 0 Å². The number of fused-ring (bicyclic) bond motifs is 8. The molecule has 10 aromatic carbocycles. The van der Waals surface area contributed by atoms with Crippen LogP contribution in [0.4, 0.5) is 17.1 Å². The van der Waals surface area contributed by atoms with Gasteiger partial charge >= 0.3 is 0 Å². The molecular weight excluding hydrogens is 713 g/mol. The summed E-state index contributed by atoms with van der Waals surface area (Å²) in [6.45, 7) is 0. The number of anilines is 3. The standard InChI is InChI=1S/C57H36N2/c1-4-17-37(18-5-1)58(38-19-6-2-7-20-38)51-35-32-41(40-23-10-11-26-45(40)51)42-31-34-50-54-46(42)33-36-53-56(54)55-49(29-16-30-52(55)59(53)39-21-8-3-9-22-39)57(50)47-27-14-12-24-43(47)44-25-13-15-28-48(44)57/h1-36H. The normalized spacial score (nSPS) is 13.2. The summed E-state index contributed by atoms with van der Waals surface area (Å²) >= 11 is 0. The van der Waals surface area contributed by atoms with Crippen molar-refractivity contribution in [2.45, 2.75) is 5.41 Å². The van der Waals surface area contributed by atoms with Crippen LogP contribution < -0.4 is 4.90 Å². The summed E-state index contributed by atoms with van der Waals surface area (Å²) in [4.78, 5) is 2.38. The molecule has 0 amide bonds. The van der Waals surface area contributed by atoms with E-state index in [1.54, 1.807) is 0 Å². The lowest BCUT2D eigenvalue weighted by Crippen LogP contribution is -2.30. The fraction of sp³-hybridized carbons (Fsp3) is 0.0175. The fourth-order valence-electron chi connectivity index (χ4n) is 11.0. The molecule has 0 radical (unpaired) electrons. The van der Waals surface area contributed by atoms with E-state index in [1.165, 1.54) is 93.5 Å². The van der Waals surface area contributed by atoms with Crippen molar-refractivity contribution in [3.8, 4) is 27.9 Å². The van der Waals surface area contributed by atoms with E-state index in [4.69, 9.17) is 0 Å². The first-order chi connectivity index (χ1) is 29.3. The van der Waals surface area contributed by atoms with Crippen molar-refractivity contribution < 1.29 is 0 Å². The van der Waals surface area contributed by atoms with Gasteiger partial charge in [-0.2, -0.15) is 0 Å². The van der Waals surface area contributed by atoms with Gasteiger partial charge in [-0.15, -0.1) is 0 Å². The van der Waals surface area contributed by atoms with E-state index >= 15 is 0 Å². The highest BCUT2D eigenvalue weighted by Crippen LogP contribution is 2.62. The van der Waals surface area contributed by atoms with Crippen molar-refractivity contribution in [3.63, 3.8) is 0 Å². The van der Waals surface area contributed by atoms with Crippen LogP contribution in [-0.2, 0) is 5.41 Å². The van der Waals surface area contributed by atoms with Crippen molar-refractivity contribution in [2.24, 2.45) is 0 Å². The largest absolute Gasteiger partial charge is 0.310 e. The van der Waals surface area contributed by atoms with Crippen molar-refractivity contribution in [3.05, 3.63) is 241 Å². The number of aromatic nitrogens is 1. The molecule has 2 heteroatoms. The van der Waals surface area contributed by atoms with E-state index in [9.17, 15) is 0 Å². The van der Waals surface area contributed by atoms with Crippen molar-refractivity contribution in [2.75, 3.05) is 4.90 Å². The van der Waals surface area contributed by atoms with Gasteiger partial charge in [0.2, 0.25) is 0 Å². The van der Waals surface area contributed by atoms with E-state index in [0.29, 0.717) is 0 Å². The first-order valence-electron chi connectivity index (χ1n) is 20.5. The molecule has 11 aromatic rings. The molecule has 2 nitrogen and oxygen atoms in total. The number of benzene rings is 10. The summed E-state index contributed by atoms with van der Waals surface area (Å²) < 4.78 is 2.49. The number of para-hydroxylation sites is 3. The van der Waals surface area contributed by atoms with E-state index < -0.39 is 5.41 Å². The van der Waals surface area contributed by atoms with Gasteiger partial charge in [-0.3, -0.25) is 0 Å². The van der Waals surface area contributed by atoms with Gasteiger partial charge in [-0.25, -0.2) is 0 Å². The predicted octanol–water partition coefficient (Wildman–Crippen LogP) is 14.9. The third-order valence-corrected chi connectivity index (χ3v) is 13.2. The Morgan fingerprint density at radius 2 is 0.831 bits per heavy atom. The summed E-state index contributed by atoms with van der Waals surface area (Å²) in [6.07, 6.45) is 0. The van der Waals surface area contributed by atoms with Crippen LogP contribution in [0.5, 0.6) is 0 Å². The second kappa shape index (κ2) is 12.2. The molecule has 59 heavy (non-hydrogen) atoms. The second-order valence-electron chi connectivity index (χ2n) is 15.9. The van der Waals surface area contributed by atoms with Gasteiger partial charge in [0.25, 0.3) is 0 Å². The Labute approximate surface area is 342 Å². The van der Waals surface area contributed by atoms with Gasteiger partial charge in [0.15, 0.2) is 0 Å². The molecule has 0 unspecified atom stereocenters. The van der Waals surface area contributed by atoms with Crippen LogP contribution in [-0.4, -0.2) is 4.57 Å². The third-order valence-electron chi connectivity index (χ3n) is 13.2. The minimum atomic E-state index is -0.481. The fourth-order valence-corrected chi connectivity index (χ4v) is 11.0. The molecule has 0 bridgehead atoms. The molecule has 1 heterocycles. The van der Waals surface area contributed by atoms with Crippen molar-refractivity contribution in [1.82, 2.24) is 4.57 Å². The quantitative estimate of drug-likeness (QED) is 0.170. The Hall–Kier alpha value is -7.68. The zero-order valence-electron chi connectivity index (χ0n) is 32.2. The molecule has 0 fully saturated rings. The Morgan fingerprint density at radius 1 is 0.305 bits per heavy atom. The van der Waals surface area contributed by atoms with E-state index in [0.717, 1.165) is 17.1 Å². The van der Waals surface area contributed by atoms with Gasteiger partial charge in [-0.05, 0) is 115 Å². The molecule has 274 valence electrons. The Bertz CT molecular complexity index is 3400. The predicted molar refractivity (Wildman–Crippen MR) is 247 cm³/mol. The number of hydrogen-bond acceptors (Lipinski definition) is 1. The van der Waals surface area contributed by atoms with Crippen LogP contribution in [0, 0.1) is 0 Å². The van der Waals surface area contributed by atoms with Crippen LogP contribution in [0.1, 0.15) is 22.3 Å². The van der Waals surface area contributed by atoms with Crippen LogP contribution in [0.2, 0.25) is 0 Å². The Kier molecular flexibility index (Phi) is 6.68. The molecule has 1 aromatic heterocycles. The monoisotopic (exact) mass is 748 g/mol. The maximum Gasteiger partial charge on any atom is 0.0726 e. The molecular formula is C57H36N2. The molecule has 0 aliphatic heterocycles. The molecule has 1 spiro atoms. The van der Waals surface area contributed by atoms with Crippen LogP contribution in [0.25, 0.3) is 71.3 Å². The zero-order valence-corrected chi connectivity index (χ0v) is 32.2. The number of nitrogens with zero attached hydrogens (tertiary/aromatic N) is 2. The Morgan fingerprint density at radius 3 is 1.53 bits per heavy atom. The van der Waals surface area contributed by atoms with Crippen LogP contribution >= 0.6 is 0 Å². The number of rotatable bonds is 5. The highest BCUT2D eigenvalue weighted by molar-refractivity contribution is 6.28. The summed E-state index contributed by atoms with van der Waals surface area (Å²) in [5.41, 5.74) is 17.1. The second-order valence-corrected chi connectivity index (χ2v) is 15.9. The zero-order chi connectivity index (χ0) is 38.7. The summed E-state index contributed by atoms with van der Waals surface area (Å²) in [5.74, 6) is 0. The third kappa shape index (κ3) is 4.25. The Balaban J connectivity index is 1.15. The van der Waals surface area contributed by atoms with Crippen LogP contribution in [0.3, 0.4) is 0 Å².